The van der Waals surface area contributed by atoms with E-state index in [-0.39, 0.29) is 18.5 Å². The summed E-state index contributed by atoms with van der Waals surface area (Å²) in [6, 6.07) is 0. The molecular weight excluding hydrogens is 108 g/mol. The second-order valence-corrected chi connectivity index (χ2v) is 1.97. The first-order chi connectivity index (χ1) is 3.70. The molecule has 1 N–H and O–H groups in total. The molecule has 1 aliphatic rings. The van der Waals surface area contributed by atoms with Crippen molar-refractivity contribution in [3.05, 3.63) is 0 Å². The maximum atomic E-state index is 10.3. The minimum absolute atomic E-state index is 0.154. The molecule has 0 aliphatic carbocycles. The van der Waals surface area contributed by atoms with Crippen molar-refractivity contribution in [1.29, 1.82) is 0 Å². The summed E-state index contributed by atoms with van der Waals surface area (Å²) in [6.45, 7) is 1.68. The van der Waals surface area contributed by atoms with Gasteiger partial charge >= 0.3 is 5.97 Å². The average molecular weight is 116 g/mol. The maximum absolute atomic E-state index is 10.3. The Morgan fingerprint density at radius 1 is 1.88 bits per heavy atom. The summed E-state index contributed by atoms with van der Waals surface area (Å²) in [4.78, 5) is 10.3. The lowest BCUT2D eigenvalue weighted by Crippen LogP contribution is -2.15. The number of aliphatic hydroxyl groups excluding tert-OH is 1. The Hall–Kier alpha value is -0.570. The molecule has 1 saturated heterocycles. The molecule has 0 amide bonds. The fraction of sp³-hybridized carbons (Fsp3) is 0.800. The Labute approximate surface area is 47.3 Å². The molecule has 2 atom stereocenters. The molecule has 0 aromatic heterocycles. The topological polar surface area (TPSA) is 46.5 Å². The van der Waals surface area contributed by atoms with Gasteiger partial charge in [0.05, 0.1) is 6.42 Å². The first-order valence-corrected chi connectivity index (χ1v) is 2.57. The van der Waals surface area contributed by atoms with Crippen LogP contribution in [0.4, 0.5) is 0 Å². The minimum Gasteiger partial charge on any atom is -0.460 e. The Bertz CT molecular complexity index is 98.2. The minimum atomic E-state index is -0.581. The molecule has 46 valence electrons. The van der Waals surface area contributed by atoms with Crippen LogP contribution in [0.2, 0.25) is 0 Å². The van der Waals surface area contributed by atoms with Gasteiger partial charge in [0.15, 0.2) is 0 Å². The summed E-state index contributed by atoms with van der Waals surface area (Å²) in [6.07, 6.45) is -0.730. The quantitative estimate of drug-likeness (QED) is 0.441. The molecule has 3 heteroatoms. The molecule has 0 spiro atoms. The zero-order valence-electron chi connectivity index (χ0n) is 4.63. The lowest BCUT2D eigenvalue weighted by Gasteiger charge is -2.02. The van der Waals surface area contributed by atoms with Crippen molar-refractivity contribution in [2.75, 3.05) is 0 Å². The monoisotopic (exact) mass is 116 g/mol. The molecule has 1 heterocycles. The highest BCUT2D eigenvalue weighted by Gasteiger charge is 2.28. The Balaban J connectivity index is 2.51. The van der Waals surface area contributed by atoms with Gasteiger partial charge in [-0.15, -0.1) is 0 Å². The summed E-state index contributed by atoms with van der Waals surface area (Å²) < 4.78 is 4.58. The molecule has 3 nitrogen and oxygen atoms in total. The van der Waals surface area contributed by atoms with Crippen LogP contribution in [0.3, 0.4) is 0 Å². The smallest absolute Gasteiger partial charge is 0.308 e. The molecule has 0 saturated carbocycles. The van der Waals surface area contributed by atoms with Crippen molar-refractivity contribution in [2.24, 2.45) is 0 Å². The van der Waals surface area contributed by atoms with Crippen LogP contribution in [0.25, 0.3) is 0 Å². The molecule has 1 fully saturated rings. The first-order valence-electron chi connectivity index (χ1n) is 2.57. The number of cyclic esters (lactones) is 1. The molecule has 1 aliphatic heterocycles. The van der Waals surface area contributed by atoms with E-state index in [0.29, 0.717) is 0 Å². The highest BCUT2D eigenvalue weighted by molar-refractivity contribution is 5.72. The van der Waals surface area contributed by atoms with Gasteiger partial charge in [0.25, 0.3) is 0 Å². The fourth-order valence-corrected chi connectivity index (χ4v) is 0.671. The molecule has 0 aromatic rings. The van der Waals surface area contributed by atoms with E-state index in [9.17, 15) is 4.79 Å². The summed E-state index contributed by atoms with van der Waals surface area (Å²) in [5.74, 6) is -0.301. The van der Waals surface area contributed by atoms with Crippen LogP contribution in [0.5, 0.6) is 0 Å². The van der Waals surface area contributed by atoms with Gasteiger partial charge in [-0.25, -0.2) is 0 Å². The molecule has 2 unspecified atom stereocenters. The van der Waals surface area contributed by atoms with E-state index < -0.39 is 6.10 Å². The van der Waals surface area contributed by atoms with Gasteiger partial charge in [0, 0.05) is 0 Å². The van der Waals surface area contributed by atoms with Gasteiger partial charge in [-0.2, -0.15) is 0 Å². The third-order valence-electron chi connectivity index (χ3n) is 1.23. The lowest BCUT2D eigenvalue weighted by molar-refractivity contribution is -0.141. The van der Waals surface area contributed by atoms with Crippen molar-refractivity contribution >= 4 is 5.97 Å². The number of aliphatic hydroxyl groups is 1. The fourth-order valence-electron chi connectivity index (χ4n) is 0.671. The number of esters is 1. The number of carbonyl (C=O) groups excluding carboxylic acids is 1. The van der Waals surface area contributed by atoms with Gasteiger partial charge in [-0.1, -0.05) is 0 Å². The van der Waals surface area contributed by atoms with E-state index in [1.54, 1.807) is 6.92 Å². The molecule has 0 radical (unpaired) electrons. The Kier molecular flexibility index (Phi) is 1.21. The van der Waals surface area contributed by atoms with Gasteiger partial charge in [-0.05, 0) is 6.92 Å². The zero-order chi connectivity index (χ0) is 6.15. The highest BCUT2D eigenvalue weighted by Crippen LogP contribution is 2.12. The number of hydrogen-bond donors (Lipinski definition) is 1. The molecular formula is C5H8O3. The van der Waals surface area contributed by atoms with Crippen LogP contribution in [-0.4, -0.2) is 23.3 Å². The summed E-state index contributed by atoms with van der Waals surface area (Å²) in [5, 5.41) is 8.82. The Morgan fingerprint density at radius 2 is 2.50 bits per heavy atom. The van der Waals surface area contributed by atoms with Crippen LogP contribution in [-0.2, 0) is 9.53 Å². The summed E-state index contributed by atoms with van der Waals surface area (Å²) in [7, 11) is 0. The number of hydrogen-bond acceptors (Lipinski definition) is 3. The van der Waals surface area contributed by atoms with Crippen LogP contribution in [0, 0.1) is 0 Å². The highest BCUT2D eigenvalue weighted by atomic mass is 16.6. The lowest BCUT2D eigenvalue weighted by atomic mass is 10.2. The van der Waals surface area contributed by atoms with Gasteiger partial charge in [0.1, 0.15) is 12.2 Å². The molecule has 1 rings (SSSR count). The van der Waals surface area contributed by atoms with Gasteiger partial charge in [-0.3, -0.25) is 4.79 Å². The first kappa shape index (κ1) is 5.56. The molecule has 8 heavy (non-hydrogen) atoms. The van der Waals surface area contributed by atoms with Crippen molar-refractivity contribution in [3.8, 4) is 0 Å². The normalized spacial score (nSPS) is 37.5. The second-order valence-electron chi connectivity index (χ2n) is 1.97. The number of carbonyl (C=O) groups is 1. The summed E-state index contributed by atoms with van der Waals surface area (Å²) >= 11 is 0. The standard InChI is InChI=1S/C5H8O3/c1-3-4(6)2-5(7)8-3/h3-4,6H,2H2,1H3. The van der Waals surface area contributed by atoms with Crippen molar-refractivity contribution in [1.82, 2.24) is 0 Å². The average Bonchev–Trinajstić information content (AvgIpc) is 1.85. The van der Waals surface area contributed by atoms with E-state index in [4.69, 9.17) is 5.11 Å². The largest absolute Gasteiger partial charge is 0.460 e. The van der Waals surface area contributed by atoms with Crippen LogP contribution in [0.1, 0.15) is 13.3 Å². The predicted molar refractivity (Wildman–Crippen MR) is 26.2 cm³/mol. The Morgan fingerprint density at radius 3 is 2.62 bits per heavy atom. The van der Waals surface area contributed by atoms with Gasteiger partial charge < -0.3 is 9.84 Å². The predicted octanol–water partition coefficient (Wildman–Crippen LogP) is -0.317. The van der Waals surface area contributed by atoms with Crippen LogP contribution in [0.15, 0.2) is 0 Å². The summed E-state index contributed by atoms with van der Waals surface area (Å²) in [5.41, 5.74) is 0. The van der Waals surface area contributed by atoms with E-state index >= 15 is 0 Å². The number of ether oxygens (including phenoxy) is 1. The SMILES string of the molecule is CC1OC(=O)CC1O. The van der Waals surface area contributed by atoms with Crippen LogP contribution >= 0.6 is 0 Å². The van der Waals surface area contributed by atoms with Crippen molar-refractivity contribution < 1.29 is 14.6 Å². The molecule has 0 aromatic carbocycles. The van der Waals surface area contributed by atoms with Gasteiger partial charge in [0.2, 0.25) is 0 Å². The number of rotatable bonds is 0. The third-order valence-corrected chi connectivity index (χ3v) is 1.23. The van der Waals surface area contributed by atoms with Crippen molar-refractivity contribution in [2.45, 2.75) is 25.6 Å². The van der Waals surface area contributed by atoms with E-state index in [2.05, 4.69) is 4.74 Å². The zero-order valence-corrected chi connectivity index (χ0v) is 4.63. The van der Waals surface area contributed by atoms with E-state index in [0.717, 1.165) is 0 Å². The maximum Gasteiger partial charge on any atom is 0.308 e. The third kappa shape index (κ3) is 0.816. The molecule has 0 bridgehead atoms. The van der Waals surface area contributed by atoms with E-state index in [1.165, 1.54) is 0 Å². The second kappa shape index (κ2) is 1.74. The van der Waals surface area contributed by atoms with E-state index in [1.807, 2.05) is 0 Å². The van der Waals surface area contributed by atoms with Crippen LogP contribution < -0.4 is 0 Å². The van der Waals surface area contributed by atoms with Crippen molar-refractivity contribution in [3.63, 3.8) is 0 Å².